The first-order valence-corrected chi connectivity index (χ1v) is 15.0. The maximum Gasteiger partial charge on any atom is 1.00 e. The fourth-order valence-electron chi connectivity index (χ4n) is 4.91. The molecule has 0 amide bonds. The summed E-state index contributed by atoms with van der Waals surface area (Å²) in [7, 11) is 0. The number of hydrogen-bond donors (Lipinski definition) is 1. The van der Waals surface area contributed by atoms with E-state index >= 15 is 0 Å². The Bertz CT molecular complexity index is 1480. The number of thiol groups is 1. The van der Waals surface area contributed by atoms with Crippen molar-refractivity contribution in [1.82, 2.24) is 4.98 Å². The Kier molecular flexibility index (Phi) is 13.0. The minimum Gasteiger partial charge on any atom is -0.550 e. The summed E-state index contributed by atoms with van der Waals surface area (Å²) in [6, 6.07) is 27.6. The molecule has 0 atom stereocenters. The maximum absolute atomic E-state index is 10.1. The fraction of sp³-hybridized carbons (Fsp3) is 0.314. The van der Waals surface area contributed by atoms with Crippen LogP contribution >= 0.6 is 24.2 Å². The molecule has 1 aliphatic carbocycles. The van der Waals surface area contributed by atoms with Gasteiger partial charge in [-0.05, 0) is 102 Å². The number of carbonyl (C=O) groups is 1. The fourth-order valence-corrected chi connectivity index (χ4v) is 5.51. The van der Waals surface area contributed by atoms with Crippen molar-refractivity contribution in [3.8, 4) is 0 Å². The van der Waals surface area contributed by atoms with Gasteiger partial charge in [0.1, 0.15) is 0 Å². The third-order valence-electron chi connectivity index (χ3n) is 7.47. The van der Waals surface area contributed by atoms with Crippen LogP contribution in [-0.4, -0.2) is 16.7 Å². The van der Waals surface area contributed by atoms with Crippen molar-refractivity contribution in [3.63, 3.8) is 0 Å². The van der Waals surface area contributed by atoms with Gasteiger partial charge in [-0.1, -0.05) is 92.2 Å². The zero-order chi connectivity index (χ0) is 28.5. The van der Waals surface area contributed by atoms with E-state index in [1.807, 2.05) is 24.3 Å². The molecule has 208 valence electrons. The van der Waals surface area contributed by atoms with Crippen LogP contribution in [0.3, 0.4) is 0 Å². The number of rotatable bonds is 10. The number of nitrogens with zero attached hydrogens (tertiary/aromatic N) is 1. The number of aliphatic carboxylic acids is 1. The van der Waals surface area contributed by atoms with Gasteiger partial charge in [0.05, 0.1) is 11.2 Å². The van der Waals surface area contributed by atoms with Crippen LogP contribution in [0.2, 0.25) is 5.02 Å². The van der Waals surface area contributed by atoms with E-state index in [0.717, 1.165) is 48.7 Å². The maximum atomic E-state index is 10.1. The first kappa shape index (κ1) is 33.4. The van der Waals surface area contributed by atoms with Crippen molar-refractivity contribution in [1.29, 1.82) is 0 Å². The second-order valence-corrected chi connectivity index (χ2v) is 11.8. The van der Waals surface area contributed by atoms with Crippen LogP contribution in [0.1, 0.15) is 73.4 Å². The van der Waals surface area contributed by atoms with Gasteiger partial charge in [0.15, 0.2) is 0 Å². The molecule has 4 aromatic rings. The molecule has 3 nitrogen and oxygen atoms in total. The van der Waals surface area contributed by atoms with E-state index in [1.165, 1.54) is 22.3 Å². The number of hydrogen-bond acceptors (Lipinski definition) is 4. The SMILES string of the molecule is CC(C)c1ccccc1CCCc1cccc(/C=C/c2ccc3ccc(Cl)cc3n2)c1.O=C([O-])CC1(CS)CC1.[Na+]. The number of aromatic nitrogens is 1. The number of carbonyl (C=O) groups excluding carboxylic acids is 1. The molecule has 0 saturated heterocycles. The van der Waals surface area contributed by atoms with Crippen LogP contribution in [-0.2, 0) is 17.6 Å². The third kappa shape index (κ3) is 10.3. The van der Waals surface area contributed by atoms with Gasteiger partial charge in [0.2, 0.25) is 0 Å². The molecule has 0 unspecified atom stereocenters. The van der Waals surface area contributed by atoms with Gasteiger partial charge in [-0.25, -0.2) is 4.98 Å². The first-order valence-electron chi connectivity index (χ1n) is 14.0. The van der Waals surface area contributed by atoms with Crippen LogP contribution in [0.25, 0.3) is 23.1 Å². The minimum atomic E-state index is -0.943. The van der Waals surface area contributed by atoms with E-state index < -0.39 is 5.97 Å². The number of carboxylic acids is 1. The van der Waals surface area contributed by atoms with E-state index in [-0.39, 0.29) is 41.4 Å². The zero-order valence-corrected chi connectivity index (χ0v) is 27.9. The van der Waals surface area contributed by atoms with Gasteiger partial charge in [0, 0.05) is 16.4 Å². The smallest absolute Gasteiger partial charge is 0.550 e. The van der Waals surface area contributed by atoms with Crippen molar-refractivity contribution in [2.24, 2.45) is 5.41 Å². The molecule has 0 spiro atoms. The van der Waals surface area contributed by atoms with Crippen molar-refractivity contribution >= 4 is 53.3 Å². The van der Waals surface area contributed by atoms with E-state index in [9.17, 15) is 9.90 Å². The number of fused-ring (bicyclic) bond motifs is 1. The summed E-state index contributed by atoms with van der Waals surface area (Å²) in [5.41, 5.74) is 7.41. The zero-order valence-electron chi connectivity index (χ0n) is 24.3. The summed E-state index contributed by atoms with van der Waals surface area (Å²) >= 11 is 10.2. The average molecular weight is 594 g/mol. The van der Waals surface area contributed by atoms with Crippen molar-refractivity contribution in [2.45, 2.75) is 58.3 Å². The van der Waals surface area contributed by atoms with Gasteiger partial charge in [-0.2, -0.15) is 12.6 Å². The molecule has 0 radical (unpaired) electrons. The van der Waals surface area contributed by atoms with E-state index in [2.05, 4.69) is 93.2 Å². The number of carboxylic acid groups (broad SMARTS) is 1. The molecule has 1 aliphatic rings. The topological polar surface area (TPSA) is 53.0 Å². The van der Waals surface area contributed by atoms with Crippen LogP contribution in [0.5, 0.6) is 0 Å². The minimum absolute atomic E-state index is 0. The Hall–Kier alpha value is -2.08. The molecule has 1 fully saturated rings. The van der Waals surface area contributed by atoms with Gasteiger partial charge in [-0.3, -0.25) is 0 Å². The number of pyridine rings is 1. The summed E-state index contributed by atoms with van der Waals surface area (Å²) in [5.74, 6) is 0.312. The number of halogens is 1. The van der Waals surface area contributed by atoms with E-state index in [1.54, 1.807) is 0 Å². The molecule has 0 N–H and O–H groups in total. The van der Waals surface area contributed by atoms with E-state index in [4.69, 9.17) is 16.6 Å². The van der Waals surface area contributed by atoms with Gasteiger partial charge in [-0.15, -0.1) is 0 Å². The Morgan fingerprint density at radius 1 is 1.00 bits per heavy atom. The number of aryl methyl sites for hydroxylation is 2. The standard InChI is InChI=1S/C29H28ClN.C6H10O2S.Na/c1-21(2)28-12-4-3-10-24(28)11-6-9-22-7-5-8-23(19-22)13-17-27-18-15-25-14-16-26(30)20-29(25)31-27;7-5(8)3-6(4-9)1-2-6;/h3-5,7-8,10,12-21H,6,9,11H2,1-2H3;9H,1-4H2,(H,7,8);/q;;+1/p-1/b17-13+;;. The molecule has 3 aromatic carbocycles. The third-order valence-corrected chi connectivity index (χ3v) is 8.38. The molecule has 1 aromatic heterocycles. The predicted molar refractivity (Wildman–Crippen MR) is 170 cm³/mol. The molecular formula is C35H37ClNNaO2S. The molecule has 5 rings (SSSR count). The van der Waals surface area contributed by atoms with Gasteiger partial charge >= 0.3 is 29.6 Å². The van der Waals surface area contributed by atoms with Crippen LogP contribution in [0.4, 0.5) is 0 Å². The molecular weight excluding hydrogens is 557 g/mol. The van der Waals surface area contributed by atoms with Crippen molar-refractivity contribution in [3.05, 3.63) is 112 Å². The molecule has 1 saturated carbocycles. The normalized spacial score (nSPS) is 13.5. The molecule has 0 aliphatic heterocycles. The Morgan fingerprint density at radius 2 is 1.76 bits per heavy atom. The summed E-state index contributed by atoms with van der Waals surface area (Å²) < 4.78 is 0. The van der Waals surface area contributed by atoms with Crippen LogP contribution in [0.15, 0.2) is 78.9 Å². The summed E-state index contributed by atoms with van der Waals surface area (Å²) in [6.45, 7) is 4.54. The molecule has 0 bridgehead atoms. The largest absolute Gasteiger partial charge is 1.00 e. The molecule has 6 heteroatoms. The van der Waals surface area contributed by atoms with Crippen LogP contribution in [0, 0.1) is 5.41 Å². The summed E-state index contributed by atoms with van der Waals surface area (Å²) in [4.78, 5) is 14.8. The quantitative estimate of drug-likeness (QED) is 0.203. The predicted octanol–water partition coefficient (Wildman–Crippen LogP) is 5.20. The molecule has 41 heavy (non-hydrogen) atoms. The number of benzene rings is 3. The Morgan fingerprint density at radius 3 is 2.44 bits per heavy atom. The summed E-state index contributed by atoms with van der Waals surface area (Å²) in [5, 5.41) is 11.9. The van der Waals surface area contributed by atoms with Crippen LogP contribution < -0.4 is 34.7 Å². The average Bonchev–Trinajstić information content (AvgIpc) is 3.71. The van der Waals surface area contributed by atoms with E-state index in [0.29, 0.717) is 16.7 Å². The second-order valence-electron chi connectivity index (χ2n) is 11.1. The Labute approximate surface area is 277 Å². The van der Waals surface area contributed by atoms with Gasteiger partial charge in [0.25, 0.3) is 0 Å². The monoisotopic (exact) mass is 593 g/mol. The summed E-state index contributed by atoms with van der Waals surface area (Å²) in [6.07, 6.45) is 9.77. The second kappa shape index (κ2) is 16.0. The Balaban J connectivity index is 0.000000396. The first-order chi connectivity index (χ1) is 19.3. The van der Waals surface area contributed by atoms with Gasteiger partial charge < -0.3 is 9.90 Å². The molecule has 1 heterocycles. The van der Waals surface area contributed by atoms with Crippen molar-refractivity contribution < 1.29 is 39.5 Å². The van der Waals surface area contributed by atoms with Crippen molar-refractivity contribution in [2.75, 3.05) is 5.75 Å².